The fourth-order valence-electron chi connectivity index (χ4n) is 3.75. The highest BCUT2D eigenvalue weighted by Gasteiger charge is 2.24. The van der Waals surface area contributed by atoms with E-state index in [1.54, 1.807) is 17.4 Å². The Morgan fingerprint density at radius 1 is 1.27 bits per heavy atom. The highest BCUT2D eigenvalue weighted by molar-refractivity contribution is 7.13. The Balaban J connectivity index is 1.68. The second kappa shape index (κ2) is 8.85. The Labute approximate surface area is 178 Å². The molecule has 0 aromatic carbocycles. The molecule has 0 unspecified atom stereocenters. The Morgan fingerprint density at radius 3 is 2.77 bits per heavy atom. The molecule has 30 heavy (non-hydrogen) atoms. The summed E-state index contributed by atoms with van der Waals surface area (Å²) < 4.78 is 6.55. The minimum atomic E-state index is -0.383. The molecule has 0 radical (unpaired) electrons. The molecule has 3 aromatic heterocycles. The van der Waals surface area contributed by atoms with Crippen molar-refractivity contribution in [3.8, 4) is 10.6 Å². The highest BCUT2D eigenvalue weighted by Crippen LogP contribution is 2.33. The first-order chi connectivity index (χ1) is 14.6. The van der Waals surface area contributed by atoms with E-state index < -0.39 is 0 Å². The number of methoxy groups -OCH3 is 1. The van der Waals surface area contributed by atoms with E-state index in [0.717, 1.165) is 30.6 Å². The van der Waals surface area contributed by atoms with Crippen LogP contribution in [0.2, 0.25) is 0 Å². The van der Waals surface area contributed by atoms with E-state index in [0.29, 0.717) is 22.7 Å². The van der Waals surface area contributed by atoms with Crippen LogP contribution in [0.15, 0.2) is 35.8 Å². The number of anilines is 1. The number of thiophene rings is 1. The van der Waals surface area contributed by atoms with Gasteiger partial charge >= 0.3 is 5.97 Å². The fourth-order valence-corrected chi connectivity index (χ4v) is 4.47. The number of imidazole rings is 1. The number of nitrogens with two attached hydrogens (primary N) is 1. The molecule has 1 aliphatic carbocycles. The molecule has 3 heterocycles. The largest absolute Gasteiger partial charge is 0.468 e. The van der Waals surface area contributed by atoms with Crippen molar-refractivity contribution < 1.29 is 14.3 Å². The van der Waals surface area contributed by atoms with E-state index in [9.17, 15) is 9.59 Å². The van der Waals surface area contributed by atoms with Gasteiger partial charge in [-0.3, -0.25) is 14.0 Å². The van der Waals surface area contributed by atoms with Crippen LogP contribution < -0.4 is 16.4 Å². The Kier molecular flexibility index (Phi) is 6.01. The summed E-state index contributed by atoms with van der Waals surface area (Å²) in [5.41, 5.74) is 7.70. The van der Waals surface area contributed by atoms with Gasteiger partial charge < -0.3 is 21.1 Å². The van der Waals surface area contributed by atoms with Gasteiger partial charge in [0.2, 0.25) is 0 Å². The maximum atomic E-state index is 13.0. The minimum absolute atomic E-state index is 0.00141. The monoisotopic (exact) mass is 427 g/mol. The van der Waals surface area contributed by atoms with E-state index in [2.05, 4.69) is 10.6 Å². The van der Waals surface area contributed by atoms with E-state index >= 15 is 0 Å². The topological polar surface area (TPSA) is 111 Å². The van der Waals surface area contributed by atoms with Crippen LogP contribution in [0.3, 0.4) is 0 Å². The van der Waals surface area contributed by atoms with Gasteiger partial charge in [0.15, 0.2) is 5.65 Å². The van der Waals surface area contributed by atoms with Crippen LogP contribution in [0.25, 0.3) is 16.2 Å². The van der Waals surface area contributed by atoms with E-state index in [1.165, 1.54) is 7.11 Å². The molecular formula is C21H25N5O3S. The fraction of sp³-hybridized carbons (Fsp3) is 0.381. The van der Waals surface area contributed by atoms with E-state index in [1.807, 2.05) is 34.2 Å². The van der Waals surface area contributed by atoms with Crippen LogP contribution >= 0.6 is 11.3 Å². The van der Waals surface area contributed by atoms with E-state index in [-0.39, 0.29) is 30.5 Å². The number of carbonyl (C=O) groups excluding carboxylic acids is 2. The van der Waals surface area contributed by atoms with Crippen LogP contribution in [0.1, 0.15) is 36.0 Å². The smallest absolute Gasteiger partial charge is 0.325 e. The van der Waals surface area contributed by atoms with Crippen molar-refractivity contribution >= 4 is 34.7 Å². The lowest BCUT2D eigenvalue weighted by Gasteiger charge is -2.26. The molecule has 1 fully saturated rings. The third kappa shape index (κ3) is 4.17. The second-order valence-corrected chi connectivity index (χ2v) is 8.36. The number of nitrogens with one attached hydrogen (secondary N) is 2. The van der Waals surface area contributed by atoms with Crippen LogP contribution in [-0.2, 0) is 9.53 Å². The van der Waals surface area contributed by atoms with Gasteiger partial charge in [-0.15, -0.1) is 11.3 Å². The van der Waals surface area contributed by atoms with Crippen LogP contribution in [-0.4, -0.2) is 47.0 Å². The maximum Gasteiger partial charge on any atom is 0.325 e. The van der Waals surface area contributed by atoms with Gasteiger partial charge in [0.05, 0.1) is 17.6 Å². The number of pyridine rings is 1. The summed E-state index contributed by atoms with van der Waals surface area (Å²) >= 11 is 1.54. The lowest BCUT2D eigenvalue weighted by atomic mass is 9.91. The molecular weight excluding hydrogens is 402 g/mol. The predicted octanol–water partition coefficient (Wildman–Crippen LogP) is 2.65. The summed E-state index contributed by atoms with van der Waals surface area (Å²) in [6, 6.07) is 7.83. The third-order valence-corrected chi connectivity index (χ3v) is 6.26. The molecule has 9 heteroatoms. The number of esters is 1. The van der Waals surface area contributed by atoms with Crippen LogP contribution in [0.5, 0.6) is 0 Å². The summed E-state index contributed by atoms with van der Waals surface area (Å²) in [6.07, 6.45) is 5.44. The number of hydrogen-bond donors (Lipinski definition) is 3. The Morgan fingerprint density at radius 2 is 2.07 bits per heavy atom. The molecule has 0 spiro atoms. The predicted molar refractivity (Wildman–Crippen MR) is 117 cm³/mol. The number of hydrogen-bond acceptors (Lipinski definition) is 7. The lowest BCUT2D eigenvalue weighted by molar-refractivity contribution is -0.138. The molecule has 1 amide bonds. The van der Waals surface area contributed by atoms with Gasteiger partial charge in [0.25, 0.3) is 5.91 Å². The van der Waals surface area contributed by atoms with Gasteiger partial charge in [-0.1, -0.05) is 6.07 Å². The number of carbonyl (C=O) groups is 2. The number of rotatable bonds is 6. The molecule has 8 nitrogen and oxygen atoms in total. The molecule has 0 bridgehead atoms. The van der Waals surface area contributed by atoms with Crippen molar-refractivity contribution in [1.29, 1.82) is 0 Å². The zero-order valence-corrected chi connectivity index (χ0v) is 17.6. The molecule has 158 valence electrons. The average Bonchev–Trinajstić information content (AvgIpc) is 3.41. The van der Waals surface area contributed by atoms with Gasteiger partial charge in [0.1, 0.15) is 18.1 Å². The minimum Gasteiger partial charge on any atom is -0.468 e. The molecule has 0 saturated heterocycles. The standard InChI is InChI=1S/C21H25N5O3S/c1-29-17(27)12-23-20-18(16-5-3-11-30-16)25-19-15(4-2-10-26(19)20)21(28)24-14-8-6-13(22)7-9-14/h2-5,10-11,13-14,23H,6-9,12,22H2,1H3,(H,24,28). The Hall–Kier alpha value is -2.91. The summed E-state index contributed by atoms with van der Waals surface area (Å²) in [4.78, 5) is 30.4. The number of amides is 1. The van der Waals surface area contributed by atoms with Crippen molar-refractivity contribution in [2.75, 3.05) is 19.0 Å². The van der Waals surface area contributed by atoms with Crippen molar-refractivity contribution in [3.63, 3.8) is 0 Å². The zero-order chi connectivity index (χ0) is 21.1. The average molecular weight is 428 g/mol. The number of fused-ring (bicyclic) bond motifs is 1. The first-order valence-electron chi connectivity index (χ1n) is 9.99. The van der Waals surface area contributed by atoms with Gasteiger partial charge in [0, 0.05) is 18.3 Å². The zero-order valence-electron chi connectivity index (χ0n) is 16.8. The van der Waals surface area contributed by atoms with Gasteiger partial charge in [-0.2, -0.15) is 0 Å². The number of nitrogens with zero attached hydrogens (tertiary/aromatic N) is 2. The summed E-state index contributed by atoms with van der Waals surface area (Å²) in [6.45, 7) is 0.00141. The number of ether oxygens (including phenoxy) is 1. The van der Waals surface area contributed by atoms with Crippen molar-refractivity contribution in [2.45, 2.75) is 37.8 Å². The van der Waals surface area contributed by atoms with Crippen molar-refractivity contribution in [2.24, 2.45) is 5.73 Å². The second-order valence-electron chi connectivity index (χ2n) is 7.42. The van der Waals surface area contributed by atoms with Crippen LogP contribution in [0, 0.1) is 0 Å². The molecule has 0 aliphatic heterocycles. The first kappa shape index (κ1) is 20.4. The van der Waals surface area contributed by atoms with E-state index in [4.69, 9.17) is 15.5 Å². The molecule has 4 rings (SSSR count). The maximum absolute atomic E-state index is 13.0. The molecule has 0 atom stereocenters. The highest BCUT2D eigenvalue weighted by atomic mass is 32.1. The normalized spacial score (nSPS) is 18.9. The number of aromatic nitrogens is 2. The van der Waals surface area contributed by atoms with Crippen LogP contribution in [0.4, 0.5) is 5.82 Å². The summed E-state index contributed by atoms with van der Waals surface area (Å²) in [5, 5.41) is 8.21. The third-order valence-electron chi connectivity index (χ3n) is 5.38. The molecule has 3 aromatic rings. The summed E-state index contributed by atoms with van der Waals surface area (Å²) in [5.74, 6) is 0.117. The molecule has 1 saturated carbocycles. The Bertz CT molecular complexity index is 1040. The summed E-state index contributed by atoms with van der Waals surface area (Å²) in [7, 11) is 1.35. The SMILES string of the molecule is COC(=O)CNc1c(-c2cccs2)nc2c(C(=O)NC3CCC(N)CC3)cccn12. The molecule has 1 aliphatic rings. The van der Waals surface area contributed by atoms with Crippen molar-refractivity contribution in [3.05, 3.63) is 41.4 Å². The van der Waals surface area contributed by atoms with Gasteiger partial charge in [-0.05, 0) is 49.3 Å². The first-order valence-corrected chi connectivity index (χ1v) is 10.9. The quantitative estimate of drug-likeness (QED) is 0.522. The van der Waals surface area contributed by atoms with Crippen molar-refractivity contribution in [1.82, 2.24) is 14.7 Å². The van der Waals surface area contributed by atoms with Gasteiger partial charge in [-0.25, -0.2) is 4.98 Å². The molecule has 4 N–H and O–H groups in total. The lowest BCUT2D eigenvalue weighted by Crippen LogP contribution is -2.40.